The number of anilines is 1. The van der Waals surface area contributed by atoms with Gasteiger partial charge in [0.05, 0.1) is 6.20 Å². The van der Waals surface area contributed by atoms with E-state index in [-0.39, 0.29) is 5.75 Å². The number of nitrogens with zero attached hydrogens (tertiary/aromatic N) is 2. The van der Waals surface area contributed by atoms with Gasteiger partial charge in [-0.3, -0.25) is 4.68 Å². The van der Waals surface area contributed by atoms with Crippen LogP contribution in [0.1, 0.15) is 11.1 Å². The summed E-state index contributed by atoms with van der Waals surface area (Å²) in [6, 6.07) is 4.11. The van der Waals surface area contributed by atoms with E-state index in [1.54, 1.807) is 37.1 Å². The number of rotatable bonds is 5. The molecular weight excluding hydrogens is 294 g/mol. The molecule has 118 valence electrons. The second-order valence-corrected chi connectivity index (χ2v) is 4.64. The van der Waals surface area contributed by atoms with Crippen LogP contribution in [0, 0.1) is 6.92 Å². The summed E-state index contributed by atoms with van der Waals surface area (Å²) >= 11 is 0. The maximum Gasteiger partial charge on any atom is 0.387 e. The topological polar surface area (TPSA) is 68.2 Å². The second-order valence-electron chi connectivity index (χ2n) is 4.64. The Kier molecular flexibility index (Phi) is 4.92. The minimum Gasteiger partial charge on any atom is -0.434 e. The number of urea groups is 1. The number of carbonyl (C=O) groups excluding carboxylic acids is 1. The molecule has 0 unspecified atom stereocenters. The molecule has 0 radical (unpaired) electrons. The molecule has 6 nitrogen and oxygen atoms in total. The zero-order valence-corrected chi connectivity index (χ0v) is 12.1. The van der Waals surface area contributed by atoms with Crippen LogP contribution in [0.5, 0.6) is 5.75 Å². The minimum absolute atomic E-state index is 0.0278. The molecule has 2 amide bonds. The van der Waals surface area contributed by atoms with Crippen LogP contribution >= 0.6 is 0 Å². The van der Waals surface area contributed by atoms with E-state index in [9.17, 15) is 13.6 Å². The first-order chi connectivity index (χ1) is 10.5. The fourth-order valence-corrected chi connectivity index (χ4v) is 1.89. The molecule has 2 N–H and O–H groups in total. The van der Waals surface area contributed by atoms with E-state index in [0.29, 0.717) is 17.8 Å². The van der Waals surface area contributed by atoms with E-state index >= 15 is 0 Å². The number of alkyl halides is 2. The number of halogens is 2. The van der Waals surface area contributed by atoms with Crippen LogP contribution in [0.4, 0.5) is 19.3 Å². The van der Waals surface area contributed by atoms with Gasteiger partial charge in [-0.25, -0.2) is 4.79 Å². The quantitative estimate of drug-likeness (QED) is 0.892. The van der Waals surface area contributed by atoms with Gasteiger partial charge >= 0.3 is 12.6 Å². The molecule has 2 rings (SSSR count). The Morgan fingerprint density at radius 1 is 1.45 bits per heavy atom. The Labute approximate surface area is 126 Å². The highest BCUT2D eigenvalue weighted by atomic mass is 19.3. The van der Waals surface area contributed by atoms with Crippen LogP contribution < -0.4 is 15.4 Å². The Bertz CT molecular complexity index is 658. The SMILES string of the molecule is Cc1c(NC(=O)NCc2cnn(C)c2)cccc1OC(F)F. The van der Waals surface area contributed by atoms with Crippen molar-refractivity contribution in [3.05, 3.63) is 41.7 Å². The number of amides is 2. The standard InChI is InChI=1S/C14H16F2N4O2/c1-9-11(4-3-5-12(9)22-13(15)16)19-14(21)17-6-10-7-18-20(2)8-10/h3-5,7-8,13H,6H2,1-2H3,(H2,17,19,21). The summed E-state index contributed by atoms with van der Waals surface area (Å²) in [6.07, 6.45) is 3.42. The van der Waals surface area contributed by atoms with Gasteiger partial charge in [-0.1, -0.05) is 6.07 Å². The lowest BCUT2D eigenvalue weighted by Gasteiger charge is -2.13. The van der Waals surface area contributed by atoms with Crippen molar-refractivity contribution in [2.45, 2.75) is 20.1 Å². The first kappa shape index (κ1) is 15.7. The van der Waals surface area contributed by atoms with E-state index in [1.165, 1.54) is 12.1 Å². The lowest BCUT2D eigenvalue weighted by Crippen LogP contribution is -2.28. The van der Waals surface area contributed by atoms with Gasteiger partial charge in [0.2, 0.25) is 0 Å². The van der Waals surface area contributed by atoms with Crippen molar-refractivity contribution in [2.24, 2.45) is 7.05 Å². The molecule has 0 fully saturated rings. The Morgan fingerprint density at radius 3 is 2.86 bits per heavy atom. The summed E-state index contributed by atoms with van der Waals surface area (Å²) in [5.41, 5.74) is 1.69. The van der Waals surface area contributed by atoms with Gasteiger partial charge in [0, 0.05) is 36.6 Å². The molecule has 0 aliphatic rings. The summed E-state index contributed by atoms with van der Waals surface area (Å²) < 4.78 is 30.6. The third kappa shape index (κ3) is 4.18. The van der Waals surface area contributed by atoms with Gasteiger partial charge in [0.1, 0.15) is 5.75 Å². The Hall–Kier alpha value is -2.64. The second kappa shape index (κ2) is 6.88. The Morgan fingerprint density at radius 2 is 2.23 bits per heavy atom. The summed E-state index contributed by atoms with van der Waals surface area (Å²) in [7, 11) is 1.78. The monoisotopic (exact) mass is 310 g/mol. The van der Waals surface area contributed by atoms with Crippen molar-refractivity contribution in [3.63, 3.8) is 0 Å². The van der Waals surface area contributed by atoms with E-state index in [2.05, 4.69) is 20.5 Å². The highest BCUT2D eigenvalue weighted by Gasteiger charge is 2.11. The number of benzene rings is 1. The molecule has 0 bridgehead atoms. The predicted molar refractivity (Wildman–Crippen MR) is 76.9 cm³/mol. The van der Waals surface area contributed by atoms with Gasteiger partial charge in [0.15, 0.2) is 0 Å². The number of hydrogen-bond donors (Lipinski definition) is 2. The molecule has 0 saturated carbocycles. The number of ether oxygens (including phenoxy) is 1. The van der Waals surface area contributed by atoms with Gasteiger partial charge < -0.3 is 15.4 Å². The smallest absolute Gasteiger partial charge is 0.387 e. The largest absolute Gasteiger partial charge is 0.434 e. The van der Waals surface area contributed by atoms with Crippen molar-refractivity contribution < 1.29 is 18.3 Å². The molecule has 1 aromatic heterocycles. The highest BCUT2D eigenvalue weighted by Crippen LogP contribution is 2.26. The van der Waals surface area contributed by atoms with Gasteiger partial charge in [-0.05, 0) is 19.1 Å². The maximum atomic E-state index is 12.3. The van der Waals surface area contributed by atoms with Crippen LogP contribution in [0.2, 0.25) is 0 Å². The average Bonchev–Trinajstić information content (AvgIpc) is 2.86. The van der Waals surface area contributed by atoms with E-state index < -0.39 is 12.6 Å². The number of carbonyl (C=O) groups is 1. The lowest BCUT2D eigenvalue weighted by molar-refractivity contribution is -0.0502. The molecule has 0 spiro atoms. The van der Waals surface area contributed by atoms with Gasteiger partial charge in [0.25, 0.3) is 0 Å². The Balaban J connectivity index is 1.96. The molecule has 0 atom stereocenters. The van der Waals surface area contributed by atoms with Crippen molar-refractivity contribution in [3.8, 4) is 5.75 Å². The number of hydrogen-bond acceptors (Lipinski definition) is 3. The molecule has 2 aromatic rings. The maximum absolute atomic E-state index is 12.3. The normalized spacial score (nSPS) is 10.6. The van der Waals surface area contributed by atoms with E-state index in [1.807, 2.05) is 0 Å². The van der Waals surface area contributed by atoms with Crippen molar-refractivity contribution >= 4 is 11.7 Å². The predicted octanol–water partition coefficient (Wildman–Crippen LogP) is 2.65. The number of aromatic nitrogens is 2. The number of nitrogens with one attached hydrogen (secondary N) is 2. The number of aryl methyl sites for hydroxylation is 1. The first-order valence-electron chi connectivity index (χ1n) is 6.52. The molecular formula is C14H16F2N4O2. The van der Waals surface area contributed by atoms with Crippen LogP contribution in [-0.4, -0.2) is 22.4 Å². The first-order valence-corrected chi connectivity index (χ1v) is 6.52. The van der Waals surface area contributed by atoms with E-state index in [4.69, 9.17) is 0 Å². The van der Waals surface area contributed by atoms with Crippen molar-refractivity contribution in [1.82, 2.24) is 15.1 Å². The molecule has 0 saturated heterocycles. The minimum atomic E-state index is -2.91. The van der Waals surface area contributed by atoms with Crippen LogP contribution in [0.15, 0.2) is 30.6 Å². The van der Waals surface area contributed by atoms with Gasteiger partial charge in [-0.2, -0.15) is 13.9 Å². The van der Waals surface area contributed by atoms with Crippen LogP contribution in [0.25, 0.3) is 0 Å². The van der Waals surface area contributed by atoms with Crippen molar-refractivity contribution in [2.75, 3.05) is 5.32 Å². The summed E-state index contributed by atoms with van der Waals surface area (Å²) in [5.74, 6) is 0.0278. The lowest BCUT2D eigenvalue weighted by atomic mass is 10.2. The fourth-order valence-electron chi connectivity index (χ4n) is 1.89. The summed E-state index contributed by atoms with van der Waals surface area (Å²) in [6.45, 7) is -1.01. The summed E-state index contributed by atoms with van der Waals surface area (Å²) in [4.78, 5) is 11.8. The molecule has 22 heavy (non-hydrogen) atoms. The average molecular weight is 310 g/mol. The third-order valence-electron chi connectivity index (χ3n) is 2.96. The highest BCUT2D eigenvalue weighted by molar-refractivity contribution is 5.90. The van der Waals surface area contributed by atoms with Crippen LogP contribution in [-0.2, 0) is 13.6 Å². The van der Waals surface area contributed by atoms with Gasteiger partial charge in [-0.15, -0.1) is 0 Å². The zero-order valence-electron chi connectivity index (χ0n) is 12.1. The molecule has 0 aliphatic heterocycles. The summed E-state index contributed by atoms with van der Waals surface area (Å²) in [5, 5.41) is 9.24. The molecule has 1 aromatic carbocycles. The van der Waals surface area contributed by atoms with Crippen LogP contribution in [0.3, 0.4) is 0 Å². The third-order valence-corrected chi connectivity index (χ3v) is 2.96. The zero-order chi connectivity index (χ0) is 16.1. The van der Waals surface area contributed by atoms with Crippen molar-refractivity contribution in [1.29, 1.82) is 0 Å². The fraction of sp³-hybridized carbons (Fsp3) is 0.286. The molecule has 0 aliphatic carbocycles. The molecule has 8 heteroatoms. The molecule has 1 heterocycles. The van der Waals surface area contributed by atoms with E-state index in [0.717, 1.165) is 5.56 Å².